The van der Waals surface area contributed by atoms with Gasteiger partial charge >= 0.3 is 5.97 Å². The minimum atomic E-state index is -0.863. The molecule has 0 atom stereocenters. The number of carbonyl (C=O) groups is 1. The van der Waals surface area contributed by atoms with Crippen LogP contribution in [0.15, 0.2) is 29.2 Å². The van der Waals surface area contributed by atoms with Gasteiger partial charge in [0.1, 0.15) is 12.3 Å². The zero-order valence-corrected chi connectivity index (χ0v) is 11.3. The van der Waals surface area contributed by atoms with E-state index < -0.39 is 5.97 Å². The first kappa shape index (κ1) is 14.9. The lowest BCUT2D eigenvalue weighted by atomic mass is 10.3. The fourth-order valence-electron chi connectivity index (χ4n) is 1.33. The average molecular weight is 269 g/mol. The standard InChI is InChI=1S/C13H19NO3S/c1-2-3-4-9-17-11-5-7-12(8-6-11)18-14-10-13(15)16/h5-8,14H,2-4,9-10H2,1H3,(H,15,16). The van der Waals surface area contributed by atoms with E-state index >= 15 is 0 Å². The van der Waals surface area contributed by atoms with Crippen molar-refractivity contribution >= 4 is 17.9 Å². The van der Waals surface area contributed by atoms with E-state index in [1.165, 1.54) is 24.8 Å². The molecule has 0 heterocycles. The van der Waals surface area contributed by atoms with Crippen LogP contribution >= 0.6 is 11.9 Å². The highest BCUT2D eigenvalue weighted by Crippen LogP contribution is 2.19. The summed E-state index contributed by atoms with van der Waals surface area (Å²) < 4.78 is 8.34. The normalized spacial score (nSPS) is 10.3. The van der Waals surface area contributed by atoms with Crippen molar-refractivity contribution in [3.05, 3.63) is 24.3 Å². The number of carboxylic acids is 1. The van der Waals surface area contributed by atoms with Gasteiger partial charge in [-0.25, -0.2) is 4.72 Å². The fraction of sp³-hybridized carbons (Fsp3) is 0.462. The van der Waals surface area contributed by atoms with Crippen molar-refractivity contribution in [2.24, 2.45) is 0 Å². The Bertz CT molecular complexity index is 354. The molecule has 0 aliphatic carbocycles. The Labute approximate surface area is 112 Å². The van der Waals surface area contributed by atoms with Gasteiger partial charge in [0.05, 0.1) is 6.61 Å². The monoisotopic (exact) mass is 269 g/mol. The molecule has 1 aromatic rings. The second-order valence-electron chi connectivity index (χ2n) is 3.84. The van der Waals surface area contributed by atoms with Gasteiger partial charge in [-0.3, -0.25) is 4.79 Å². The van der Waals surface area contributed by atoms with E-state index in [0.717, 1.165) is 23.7 Å². The predicted octanol–water partition coefficient (Wildman–Crippen LogP) is 2.94. The van der Waals surface area contributed by atoms with E-state index in [9.17, 15) is 4.79 Å². The van der Waals surface area contributed by atoms with Gasteiger partial charge in [-0.05, 0) is 42.6 Å². The Balaban J connectivity index is 2.26. The van der Waals surface area contributed by atoms with Gasteiger partial charge in [-0.2, -0.15) is 0 Å². The summed E-state index contributed by atoms with van der Waals surface area (Å²) in [6.07, 6.45) is 3.45. The molecule has 5 heteroatoms. The summed E-state index contributed by atoms with van der Waals surface area (Å²) in [6.45, 7) is 2.85. The molecule has 0 aliphatic heterocycles. The van der Waals surface area contributed by atoms with Crippen LogP contribution in [0.1, 0.15) is 26.2 Å². The average Bonchev–Trinajstić information content (AvgIpc) is 2.36. The van der Waals surface area contributed by atoms with Crippen molar-refractivity contribution in [1.82, 2.24) is 4.72 Å². The Kier molecular flexibility index (Phi) is 7.29. The van der Waals surface area contributed by atoms with Crippen LogP contribution < -0.4 is 9.46 Å². The minimum Gasteiger partial charge on any atom is -0.494 e. The number of hydrogen-bond donors (Lipinski definition) is 2. The summed E-state index contributed by atoms with van der Waals surface area (Å²) in [6, 6.07) is 7.62. The maximum Gasteiger partial charge on any atom is 0.318 e. The molecule has 0 aromatic heterocycles. The zero-order chi connectivity index (χ0) is 13.2. The molecule has 4 nitrogen and oxygen atoms in total. The van der Waals surface area contributed by atoms with E-state index in [0.29, 0.717) is 0 Å². The van der Waals surface area contributed by atoms with Crippen LogP contribution in [0, 0.1) is 0 Å². The van der Waals surface area contributed by atoms with Crippen LogP contribution in [0.2, 0.25) is 0 Å². The van der Waals surface area contributed by atoms with Gasteiger partial charge in [0.25, 0.3) is 0 Å². The first-order valence-electron chi connectivity index (χ1n) is 6.06. The molecule has 2 N–H and O–H groups in total. The third-order valence-corrected chi connectivity index (χ3v) is 3.05. The van der Waals surface area contributed by atoms with Gasteiger partial charge < -0.3 is 9.84 Å². The van der Waals surface area contributed by atoms with Crippen LogP contribution in [0.3, 0.4) is 0 Å². The summed E-state index contributed by atoms with van der Waals surface area (Å²) in [7, 11) is 0. The molecule has 0 unspecified atom stereocenters. The molecule has 18 heavy (non-hydrogen) atoms. The number of nitrogens with one attached hydrogen (secondary N) is 1. The van der Waals surface area contributed by atoms with Crippen molar-refractivity contribution in [2.45, 2.75) is 31.1 Å². The molecule has 100 valence electrons. The maximum absolute atomic E-state index is 10.3. The number of unbranched alkanes of at least 4 members (excludes halogenated alkanes) is 2. The molecule has 0 aliphatic rings. The number of rotatable bonds is 9. The van der Waals surface area contributed by atoms with Crippen LogP contribution in [0.25, 0.3) is 0 Å². The number of ether oxygens (including phenoxy) is 1. The molecular formula is C13H19NO3S. The summed E-state index contributed by atoms with van der Waals surface area (Å²) in [5, 5.41) is 8.48. The van der Waals surface area contributed by atoms with Crippen LogP contribution in [0.4, 0.5) is 0 Å². The summed E-state index contributed by atoms with van der Waals surface area (Å²) >= 11 is 1.30. The SMILES string of the molecule is CCCCCOc1ccc(SNCC(=O)O)cc1. The fourth-order valence-corrected chi connectivity index (χ4v) is 1.96. The lowest BCUT2D eigenvalue weighted by molar-refractivity contribution is -0.135. The molecule has 0 saturated carbocycles. The Hall–Kier alpha value is -1.20. The highest BCUT2D eigenvalue weighted by Gasteiger charge is 1.99. The topological polar surface area (TPSA) is 58.6 Å². The predicted molar refractivity (Wildman–Crippen MR) is 73.0 cm³/mol. The smallest absolute Gasteiger partial charge is 0.318 e. The van der Waals surface area contributed by atoms with Crippen LogP contribution in [-0.2, 0) is 4.79 Å². The third kappa shape index (κ3) is 6.51. The third-order valence-electron chi connectivity index (χ3n) is 2.25. The van der Waals surface area contributed by atoms with E-state index in [1.807, 2.05) is 24.3 Å². The lowest BCUT2D eigenvalue weighted by Crippen LogP contribution is -2.15. The number of carboxylic acid groups (broad SMARTS) is 1. The Morgan fingerprint density at radius 1 is 1.33 bits per heavy atom. The van der Waals surface area contributed by atoms with Crippen LogP contribution in [0.5, 0.6) is 5.75 Å². The van der Waals surface area contributed by atoms with E-state index in [-0.39, 0.29) is 6.54 Å². The minimum absolute atomic E-state index is 0.0556. The summed E-state index contributed by atoms with van der Waals surface area (Å²) in [4.78, 5) is 11.3. The van der Waals surface area contributed by atoms with Gasteiger partial charge in [-0.1, -0.05) is 19.8 Å². The summed E-state index contributed by atoms with van der Waals surface area (Å²) in [5.74, 6) is -0.00735. The molecule has 1 aromatic carbocycles. The van der Waals surface area contributed by atoms with E-state index in [1.54, 1.807) is 0 Å². The first-order valence-corrected chi connectivity index (χ1v) is 6.88. The molecule has 0 bridgehead atoms. The lowest BCUT2D eigenvalue weighted by Gasteiger charge is -2.06. The summed E-state index contributed by atoms with van der Waals surface area (Å²) in [5.41, 5.74) is 0. The highest BCUT2D eigenvalue weighted by atomic mass is 32.2. The van der Waals surface area contributed by atoms with Crippen LogP contribution in [-0.4, -0.2) is 24.2 Å². The molecule has 0 radical (unpaired) electrons. The van der Waals surface area contributed by atoms with Gasteiger partial charge in [0.2, 0.25) is 0 Å². The van der Waals surface area contributed by atoms with Crippen molar-refractivity contribution in [3.8, 4) is 5.75 Å². The molecule has 1 rings (SSSR count). The van der Waals surface area contributed by atoms with Crippen molar-refractivity contribution in [1.29, 1.82) is 0 Å². The molecular weight excluding hydrogens is 250 g/mol. The Morgan fingerprint density at radius 3 is 2.67 bits per heavy atom. The zero-order valence-electron chi connectivity index (χ0n) is 10.5. The molecule has 0 saturated heterocycles. The van der Waals surface area contributed by atoms with Crippen molar-refractivity contribution in [2.75, 3.05) is 13.2 Å². The van der Waals surface area contributed by atoms with Crippen molar-refractivity contribution < 1.29 is 14.6 Å². The van der Waals surface area contributed by atoms with Gasteiger partial charge in [-0.15, -0.1) is 0 Å². The molecule has 0 spiro atoms. The quantitative estimate of drug-likeness (QED) is 0.533. The molecule has 0 amide bonds. The second-order valence-corrected chi connectivity index (χ2v) is 4.81. The number of aliphatic carboxylic acids is 1. The van der Waals surface area contributed by atoms with Gasteiger partial charge in [0.15, 0.2) is 0 Å². The van der Waals surface area contributed by atoms with Gasteiger partial charge in [0, 0.05) is 4.90 Å². The largest absolute Gasteiger partial charge is 0.494 e. The Morgan fingerprint density at radius 2 is 2.06 bits per heavy atom. The maximum atomic E-state index is 10.3. The number of hydrogen-bond acceptors (Lipinski definition) is 4. The van der Waals surface area contributed by atoms with E-state index in [2.05, 4.69) is 11.6 Å². The number of benzene rings is 1. The molecule has 0 fully saturated rings. The first-order chi connectivity index (χ1) is 8.72. The van der Waals surface area contributed by atoms with E-state index in [4.69, 9.17) is 9.84 Å². The second kappa shape index (κ2) is 8.83. The van der Waals surface area contributed by atoms with Crippen molar-refractivity contribution in [3.63, 3.8) is 0 Å². The highest BCUT2D eigenvalue weighted by molar-refractivity contribution is 7.97.